The van der Waals surface area contributed by atoms with E-state index in [1.165, 1.54) is 24.3 Å². The molecule has 0 saturated carbocycles. The first-order chi connectivity index (χ1) is 14.8. The number of aliphatic hydroxyl groups is 3. The Kier molecular flexibility index (Phi) is 6.92. The molecule has 31 heavy (non-hydrogen) atoms. The number of ether oxygens (including phenoxy) is 3. The van der Waals surface area contributed by atoms with Crippen LogP contribution in [-0.4, -0.2) is 68.8 Å². The fourth-order valence-corrected chi connectivity index (χ4v) is 2.73. The highest BCUT2D eigenvalue weighted by atomic mass is 16.7. The summed E-state index contributed by atoms with van der Waals surface area (Å²) in [6.45, 7) is -0.502. The maximum atomic E-state index is 11.9. The number of aromatic hydroxyl groups is 2. The molecule has 2 heterocycles. The first-order valence-corrected chi connectivity index (χ1v) is 9.06. The molecule has 0 radical (unpaired) electrons. The summed E-state index contributed by atoms with van der Waals surface area (Å²) in [6, 6.07) is 5.00. The number of phenols is 2. The van der Waals surface area contributed by atoms with Gasteiger partial charge in [-0.2, -0.15) is 0 Å². The van der Waals surface area contributed by atoms with Crippen LogP contribution in [0.15, 0.2) is 52.1 Å². The number of esters is 1. The molecule has 1 aliphatic heterocycles. The van der Waals surface area contributed by atoms with Crippen LogP contribution in [0.5, 0.6) is 17.2 Å². The van der Waals surface area contributed by atoms with Crippen molar-refractivity contribution in [2.45, 2.75) is 30.7 Å². The highest BCUT2D eigenvalue weighted by Gasteiger charge is 2.45. The molecule has 3 rings (SSSR count). The second kappa shape index (κ2) is 9.62. The van der Waals surface area contributed by atoms with E-state index in [-0.39, 0.29) is 17.2 Å². The Balaban J connectivity index is 1.61. The standard InChI is InChI=1S/C20H20O11/c21-11-3-1-10(7-13(11)23)2-4-16(24)29-9-15-17(25)18(26)19(27)20(31-15)30-14-8-28-6-5-12(14)22/h1-8,15,17-21,23,25-27H,9H2/b4-2+. The highest BCUT2D eigenvalue weighted by Crippen LogP contribution is 2.26. The lowest BCUT2D eigenvalue weighted by Gasteiger charge is -2.39. The van der Waals surface area contributed by atoms with Crippen molar-refractivity contribution in [1.29, 1.82) is 0 Å². The quantitative estimate of drug-likeness (QED) is 0.224. The van der Waals surface area contributed by atoms with Gasteiger partial charge < -0.3 is 44.2 Å². The van der Waals surface area contributed by atoms with Crippen LogP contribution in [0.1, 0.15) is 5.56 Å². The molecule has 0 bridgehead atoms. The Hall–Kier alpha value is -3.38. The van der Waals surface area contributed by atoms with Crippen LogP contribution in [0, 0.1) is 0 Å². The maximum absolute atomic E-state index is 11.9. The summed E-state index contributed by atoms with van der Waals surface area (Å²) in [6.07, 6.45) is -3.34. The van der Waals surface area contributed by atoms with Crippen LogP contribution in [0.2, 0.25) is 0 Å². The second-order valence-corrected chi connectivity index (χ2v) is 6.63. The number of aliphatic hydroxyl groups excluding tert-OH is 3. The molecule has 166 valence electrons. The van der Waals surface area contributed by atoms with Crippen molar-refractivity contribution in [3.05, 3.63) is 58.7 Å². The van der Waals surface area contributed by atoms with E-state index in [4.69, 9.17) is 18.6 Å². The largest absolute Gasteiger partial charge is 0.504 e. The van der Waals surface area contributed by atoms with Crippen LogP contribution >= 0.6 is 0 Å². The van der Waals surface area contributed by atoms with Gasteiger partial charge in [0.25, 0.3) is 0 Å². The molecule has 1 aromatic heterocycles. The average Bonchev–Trinajstić information content (AvgIpc) is 2.75. The summed E-state index contributed by atoms with van der Waals surface area (Å²) in [5, 5.41) is 48.9. The zero-order valence-electron chi connectivity index (χ0n) is 15.9. The van der Waals surface area contributed by atoms with Crippen LogP contribution in [0.3, 0.4) is 0 Å². The molecule has 5 atom stereocenters. The molecule has 5 unspecified atom stereocenters. The summed E-state index contributed by atoms with van der Waals surface area (Å²) >= 11 is 0. The molecule has 2 aromatic rings. The van der Waals surface area contributed by atoms with Gasteiger partial charge in [0.05, 0.1) is 6.26 Å². The van der Waals surface area contributed by atoms with E-state index >= 15 is 0 Å². The zero-order chi connectivity index (χ0) is 22.5. The van der Waals surface area contributed by atoms with Gasteiger partial charge >= 0.3 is 5.97 Å². The lowest BCUT2D eigenvalue weighted by atomic mass is 9.99. The minimum Gasteiger partial charge on any atom is -0.504 e. The van der Waals surface area contributed by atoms with Gasteiger partial charge in [-0.25, -0.2) is 4.79 Å². The Labute approximate surface area is 175 Å². The SMILES string of the molecule is O=C(/C=C/c1ccc(O)c(O)c1)OCC1OC(Oc2coccc2=O)C(O)C(O)C1O. The van der Waals surface area contributed by atoms with Crippen LogP contribution in [0.4, 0.5) is 0 Å². The normalized spacial score (nSPS) is 26.0. The van der Waals surface area contributed by atoms with Crippen molar-refractivity contribution in [2.75, 3.05) is 6.61 Å². The third kappa shape index (κ3) is 5.41. The summed E-state index contributed by atoms with van der Waals surface area (Å²) in [4.78, 5) is 23.7. The molecule has 11 nitrogen and oxygen atoms in total. The van der Waals surface area contributed by atoms with E-state index in [1.807, 2.05) is 0 Å². The van der Waals surface area contributed by atoms with Gasteiger partial charge in [0.15, 0.2) is 11.5 Å². The Morgan fingerprint density at radius 3 is 2.55 bits per heavy atom. The fourth-order valence-electron chi connectivity index (χ4n) is 2.73. The lowest BCUT2D eigenvalue weighted by Crippen LogP contribution is -2.60. The van der Waals surface area contributed by atoms with Crippen molar-refractivity contribution >= 4 is 12.0 Å². The summed E-state index contributed by atoms with van der Waals surface area (Å²) in [7, 11) is 0. The zero-order valence-corrected chi connectivity index (χ0v) is 15.9. The number of phenolic OH excluding ortho intramolecular Hbond substituents is 2. The molecule has 1 aliphatic rings. The summed E-state index contributed by atoms with van der Waals surface area (Å²) < 4.78 is 20.4. The topological polar surface area (TPSA) is 176 Å². The minimum atomic E-state index is -1.70. The predicted molar refractivity (Wildman–Crippen MR) is 102 cm³/mol. The molecule has 1 fully saturated rings. The van der Waals surface area contributed by atoms with Crippen molar-refractivity contribution in [3.8, 4) is 17.2 Å². The number of hydrogen-bond acceptors (Lipinski definition) is 11. The number of carbonyl (C=O) groups excluding carboxylic acids is 1. The molecule has 0 aliphatic carbocycles. The third-order valence-corrected chi connectivity index (χ3v) is 4.43. The number of benzene rings is 1. The van der Waals surface area contributed by atoms with Gasteiger partial charge in [-0.15, -0.1) is 0 Å². The number of rotatable bonds is 6. The molecule has 1 saturated heterocycles. The van der Waals surface area contributed by atoms with E-state index in [9.17, 15) is 35.1 Å². The van der Waals surface area contributed by atoms with Gasteiger partial charge in [0, 0.05) is 12.1 Å². The van der Waals surface area contributed by atoms with Crippen molar-refractivity contribution in [3.63, 3.8) is 0 Å². The van der Waals surface area contributed by atoms with Crippen LogP contribution in [0.25, 0.3) is 6.08 Å². The first-order valence-electron chi connectivity index (χ1n) is 9.06. The number of hydrogen-bond donors (Lipinski definition) is 5. The van der Waals surface area contributed by atoms with E-state index in [0.717, 1.165) is 24.7 Å². The van der Waals surface area contributed by atoms with Gasteiger partial charge in [-0.1, -0.05) is 6.07 Å². The molecule has 11 heteroatoms. The highest BCUT2D eigenvalue weighted by molar-refractivity contribution is 5.87. The second-order valence-electron chi connectivity index (χ2n) is 6.63. The van der Waals surface area contributed by atoms with E-state index < -0.39 is 48.7 Å². The molecule has 0 amide bonds. The maximum Gasteiger partial charge on any atom is 0.330 e. The molecule has 1 aromatic carbocycles. The molecule has 5 N–H and O–H groups in total. The number of carbonyl (C=O) groups is 1. The van der Waals surface area contributed by atoms with Crippen LogP contribution < -0.4 is 10.2 Å². The van der Waals surface area contributed by atoms with Crippen molar-refractivity contribution in [1.82, 2.24) is 0 Å². The molecular formula is C20H20O11. The Bertz CT molecular complexity index is 999. The van der Waals surface area contributed by atoms with Crippen molar-refractivity contribution < 1.29 is 49.0 Å². The van der Waals surface area contributed by atoms with Gasteiger partial charge in [-0.3, -0.25) is 4.79 Å². The Morgan fingerprint density at radius 1 is 1.06 bits per heavy atom. The van der Waals surface area contributed by atoms with Gasteiger partial charge in [0.1, 0.15) is 37.3 Å². The smallest absolute Gasteiger partial charge is 0.330 e. The average molecular weight is 436 g/mol. The lowest BCUT2D eigenvalue weighted by molar-refractivity contribution is -0.278. The molecular weight excluding hydrogens is 416 g/mol. The van der Waals surface area contributed by atoms with Crippen molar-refractivity contribution in [2.24, 2.45) is 0 Å². The van der Waals surface area contributed by atoms with E-state index in [2.05, 4.69) is 0 Å². The molecule has 0 spiro atoms. The third-order valence-electron chi connectivity index (χ3n) is 4.43. The van der Waals surface area contributed by atoms with Crippen LogP contribution in [-0.2, 0) is 14.3 Å². The van der Waals surface area contributed by atoms with Gasteiger partial charge in [0.2, 0.25) is 17.5 Å². The fraction of sp³-hybridized carbons (Fsp3) is 0.300. The minimum absolute atomic E-state index is 0.286. The Morgan fingerprint density at radius 2 is 1.84 bits per heavy atom. The summed E-state index contributed by atoms with van der Waals surface area (Å²) in [5.74, 6) is -1.79. The van der Waals surface area contributed by atoms with E-state index in [0.29, 0.717) is 5.56 Å². The predicted octanol–water partition coefficient (Wildman–Crippen LogP) is -0.506. The van der Waals surface area contributed by atoms with Gasteiger partial charge in [-0.05, 0) is 23.8 Å². The monoisotopic (exact) mass is 436 g/mol. The first kappa shape index (κ1) is 22.3. The summed E-state index contributed by atoms with van der Waals surface area (Å²) in [5.41, 5.74) is -0.147. The van der Waals surface area contributed by atoms with E-state index in [1.54, 1.807) is 0 Å².